The molecule has 3 aromatic rings. The largest absolute Gasteiger partial charge is 0.462 e. The van der Waals surface area contributed by atoms with Crippen molar-refractivity contribution < 1.29 is 28.3 Å². The summed E-state index contributed by atoms with van der Waals surface area (Å²) in [6, 6.07) is 16.7. The highest BCUT2D eigenvalue weighted by molar-refractivity contribution is 6.17. The molecule has 0 bridgehead atoms. The number of rotatable bonds is 6. The van der Waals surface area contributed by atoms with Crippen molar-refractivity contribution in [3.63, 3.8) is 0 Å². The number of nitrogens with zero attached hydrogens (tertiary/aromatic N) is 1. The number of carbonyl (C=O) groups is 4. The van der Waals surface area contributed by atoms with E-state index in [2.05, 4.69) is 10.6 Å². The Labute approximate surface area is 200 Å². The molecule has 0 aliphatic carbocycles. The number of nitrogens with one attached hydrogen (secondary N) is 2. The third-order valence-corrected chi connectivity index (χ3v) is 5.40. The van der Waals surface area contributed by atoms with E-state index in [-0.39, 0.29) is 18.6 Å². The predicted molar refractivity (Wildman–Crippen MR) is 128 cm³/mol. The van der Waals surface area contributed by atoms with Gasteiger partial charge in [0.2, 0.25) is 11.8 Å². The molecule has 35 heavy (non-hydrogen) atoms. The van der Waals surface area contributed by atoms with Crippen molar-refractivity contribution in [2.24, 2.45) is 0 Å². The van der Waals surface area contributed by atoms with Gasteiger partial charge in [0.1, 0.15) is 11.9 Å². The minimum absolute atomic E-state index is 0.177. The van der Waals surface area contributed by atoms with Gasteiger partial charge in [0.15, 0.2) is 0 Å². The molecule has 3 amide bonds. The van der Waals surface area contributed by atoms with Crippen molar-refractivity contribution >= 4 is 40.8 Å². The number of hydrogen-bond acceptors (Lipinski definition) is 5. The summed E-state index contributed by atoms with van der Waals surface area (Å²) in [5.74, 6) is -2.54. The standard InChI is InChI=1S/C26H22FN3O5/c1-2-35-26(34)17-9-13-19(14-10-17)28-23(31)15-22-24(32)29-20-5-3-4-6-21(20)30(22)25(33)16-7-11-18(27)12-8-16/h3-14,22H,2,15H2,1H3,(H,28,31)(H,29,32). The molecule has 1 unspecified atom stereocenters. The van der Waals surface area contributed by atoms with Crippen LogP contribution in [-0.2, 0) is 14.3 Å². The zero-order chi connectivity index (χ0) is 24.9. The van der Waals surface area contributed by atoms with Crippen molar-refractivity contribution in [1.29, 1.82) is 0 Å². The average Bonchev–Trinajstić information content (AvgIpc) is 2.85. The molecule has 9 heteroatoms. The highest BCUT2D eigenvalue weighted by Gasteiger charge is 2.38. The molecule has 1 aliphatic heterocycles. The quantitative estimate of drug-likeness (QED) is 0.525. The molecular weight excluding hydrogens is 453 g/mol. The van der Waals surface area contributed by atoms with Gasteiger partial charge < -0.3 is 15.4 Å². The van der Waals surface area contributed by atoms with Crippen LogP contribution in [0.3, 0.4) is 0 Å². The molecule has 1 aliphatic rings. The molecule has 2 N–H and O–H groups in total. The number of esters is 1. The van der Waals surface area contributed by atoms with E-state index in [0.717, 1.165) is 12.1 Å². The molecule has 0 aromatic heterocycles. The summed E-state index contributed by atoms with van der Waals surface area (Å²) in [6.07, 6.45) is -0.327. The van der Waals surface area contributed by atoms with Crippen molar-refractivity contribution in [2.75, 3.05) is 22.1 Å². The van der Waals surface area contributed by atoms with E-state index < -0.39 is 35.5 Å². The van der Waals surface area contributed by atoms with Crippen molar-refractivity contribution in [1.82, 2.24) is 0 Å². The van der Waals surface area contributed by atoms with Crippen LogP contribution in [-0.4, -0.2) is 36.3 Å². The lowest BCUT2D eigenvalue weighted by molar-refractivity contribution is -0.122. The zero-order valence-electron chi connectivity index (χ0n) is 18.8. The topological polar surface area (TPSA) is 105 Å². The van der Waals surface area contributed by atoms with E-state index in [9.17, 15) is 23.6 Å². The lowest BCUT2D eigenvalue weighted by atomic mass is 10.0. The maximum Gasteiger partial charge on any atom is 0.338 e. The molecule has 0 spiro atoms. The first-order chi connectivity index (χ1) is 16.9. The van der Waals surface area contributed by atoms with Crippen molar-refractivity contribution in [3.8, 4) is 0 Å². The van der Waals surface area contributed by atoms with Gasteiger partial charge in [-0.15, -0.1) is 0 Å². The maximum atomic E-state index is 13.4. The Kier molecular flexibility index (Phi) is 6.86. The number of ether oxygens (including phenoxy) is 1. The van der Waals surface area contributed by atoms with Crippen LogP contribution < -0.4 is 15.5 Å². The number of hydrogen-bond donors (Lipinski definition) is 2. The summed E-state index contributed by atoms with van der Waals surface area (Å²) in [5, 5.41) is 5.41. The number of halogens is 1. The lowest BCUT2D eigenvalue weighted by Gasteiger charge is -2.36. The van der Waals surface area contributed by atoms with Crippen LogP contribution in [0.1, 0.15) is 34.1 Å². The van der Waals surface area contributed by atoms with Crippen LogP contribution >= 0.6 is 0 Å². The van der Waals surface area contributed by atoms with Crippen LogP contribution in [0, 0.1) is 5.82 Å². The Bertz CT molecular complexity index is 1270. The number of carbonyl (C=O) groups excluding carboxylic acids is 4. The Hall–Kier alpha value is -4.53. The second kappa shape index (κ2) is 10.2. The minimum atomic E-state index is -1.14. The van der Waals surface area contributed by atoms with Gasteiger partial charge in [-0.3, -0.25) is 19.3 Å². The van der Waals surface area contributed by atoms with Crippen LogP contribution in [0.15, 0.2) is 72.8 Å². The Morgan fingerprint density at radius 3 is 2.31 bits per heavy atom. The highest BCUT2D eigenvalue weighted by atomic mass is 19.1. The lowest BCUT2D eigenvalue weighted by Crippen LogP contribution is -2.52. The van der Waals surface area contributed by atoms with Crippen LogP contribution in [0.25, 0.3) is 0 Å². The molecule has 0 saturated heterocycles. The van der Waals surface area contributed by atoms with E-state index in [1.54, 1.807) is 43.3 Å². The Morgan fingerprint density at radius 1 is 0.971 bits per heavy atom. The van der Waals surface area contributed by atoms with Gasteiger partial charge in [0.25, 0.3) is 5.91 Å². The summed E-state index contributed by atoms with van der Waals surface area (Å²) in [6.45, 7) is 1.95. The molecular formula is C26H22FN3O5. The summed E-state index contributed by atoms with van der Waals surface area (Å²) in [5.41, 5.74) is 1.79. The van der Waals surface area contributed by atoms with Crippen LogP contribution in [0.2, 0.25) is 0 Å². The van der Waals surface area contributed by atoms with Gasteiger partial charge in [-0.05, 0) is 67.6 Å². The third-order valence-electron chi connectivity index (χ3n) is 5.40. The Balaban J connectivity index is 1.56. The van der Waals surface area contributed by atoms with Crippen molar-refractivity contribution in [3.05, 3.63) is 89.7 Å². The van der Waals surface area contributed by atoms with E-state index in [1.165, 1.54) is 29.2 Å². The summed E-state index contributed by atoms with van der Waals surface area (Å²) in [7, 11) is 0. The summed E-state index contributed by atoms with van der Waals surface area (Å²) in [4.78, 5) is 52.2. The fourth-order valence-electron chi connectivity index (χ4n) is 3.75. The molecule has 0 radical (unpaired) electrons. The van der Waals surface area contributed by atoms with Gasteiger partial charge in [-0.1, -0.05) is 12.1 Å². The molecule has 8 nitrogen and oxygen atoms in total. The van der Waals surface area contributed by atoms with Crippen molar-refractivity contribution in [2.45, 2.75) is 19.4 Å². The minimum Gasteiger partial charge on any atom is -0.462 e. The van der Waals surface area contributed by atoms with Crippen LogP contribution in [0.5, 0.6) is 0 Å². The molecule has 3 aromatic carbocycles. The second-order valence-corrected chi connectivity index (χ2v) is 7.75. The van der Waals surface area contributed by atoms with E-state index in [0.29, 0.717) is 22.6 Å². The highest BCUT2D eigenvalue weighted by Crippen LogP contribution is 2.34. The molecule has 1 heterocycles. The number of amides is 3. The number of fused-ring (bicyclic) bond motifs is 1. The molecule has 178 valence electrons. The molecule has 0 saturated carbocycles. The zero-order valence-corrected chi connectivity index (χ0v) is 18.8. The fraction of sp³-hybridized carbons (Fsp3) is 0.154. The first kappa shape index (κ1) is 23.6. The van der Waals surface area contributed by atoms with E-state index >= 15 is 0 Å². The van der Waals surface area contributed by atoms with Gasteiger partial charge in [0.05, 0.1) is 30.0 Å². The smallest absolute Gasteiger partial charge is 0.338 e. The summed E-state index contributed by atoms with van der Waals surface area (Å²) >= 11 is 0. The van der Waals surface area contributed by atoms with Gasteiger partial charge in [0, 0.05) is 11.3 Å². The summed E-state index contributed by atoms with van der Waals surface area (Å²) < 4.78 is 18.3. The van der Waals surface area contributed by atoms with Crippen LogP contribution in [0.4, 0.5) is 21.5 Å². The monoisotopic (exact) mass is 475 g/mol. The third kappa shape index (κ3) is 5.19. The average molecular weight is 475 g/mol. The predicted octanol–water partition coefficient (Wildman–Crippen LogP) is 4.00. The molecule has 1 atom stereocenters. The maximum absolute atomic E-state index is 13.4. The number of anilines is 3. The first-order valence-corrected chi connectivity index (χ1v) is 10.9. The SMILES string of the molecule is CCOC(=O)c1ccc(NC(=O)CC2C(=O)Nc3ccccc3N2C(=O)c2ccc(F)cc2)cc1. The van der Waals surface area contributed by atoms with Gasteiger partial charge in [-0.2, -0.15) is 0 Å². The van der Waals surface area contributed by atoms with E-state index in [1.807, 2.05) is 0 Å². The first-order valence-electron chi connectivity index (χ1n) is 10.9. The number of benzene rings is 3. The normalized spacial score (nSPS) is 14.5. The fourth-order valence-corrected chi connectivity index (χ4v) is 3.75. The van der Waals surface area contributed by atoms with Gasteiger partial charge in [-0.25, -0.2) is 9.18 Å². The van der Waals surface area contributed by atoms with Gasteiger partial charge >= 0.3 is 5.97 Å². The molecule has 4 rings (SSSR count). The second-order valence-electron chi connectivity index (χ2n) is 7.75. The van der Waals surface area contributed by atoms with E-state index in [4.69, 9.17) is 4.74 Å². The molecule has 0 fully saturated rings. The number of para-hydroxylation sites is 2. The Morgan fingerprint density at radius 2 is 1.63 bits per heavy atom.